The predicted octanol–water partition coefficient (Wildman–Crippen LogP) is 15.0. The van der Waals surface area contributed by atoms with Crippen molar-refractivity contribution in [2.75, 3.05) is 0 Å². The van der Waals surface area contributed by atoms with E-state index in [0.717, 1.165) is 49.0 Å². The Labute approximate surface area is 352 Å². The van der Waals surface area contributed by atoms with Crippen LogP contribution in [0.4, 0.5) is 0 Å². The molecule has 1 aliphatic carbocycles. The first-order chi connectivity index (χ1) is 30.2. The summed E-state index contributed by atoms with van der Waals surface area (Å²) in [7, 11) is 0. The minimum atomic E-state index is 0.575. The van der Waals surface area contributed by atoms with Gasteiger partial charge in [-0.05, 0) is 75.5 Å². The zero-order valence-electron chi connectivity index (χ0n) is 32.4. The van der Waals surface area contributed by atoms with Crippen LogP contribution in [0.3, 0.4) is 0 Å². The normalized spacial score (nSPS) is 12.3. The van der Waals surface area contributed by atoms with Gasteiger partial charge < -0.3 is 8.98 Å². The molecule has 0 unspecified atom stereocenters. The van der Waals surface area contributed by atoms with Gasteiger partial charge in [0, 0.05) is 58.5 Å². The standard InChI is InChI=1S/C55H30N4OS/c1-2-12-32(13-3-1)53-56-54(42-22-9-20-40-36-17-6-7-25-46(36)60-51(40)42)58-55(57-53)43-23-10-21-41-37-28-27-33(30-47(37)61-52(41)43)59-44-24-11-19-39-35-16-5-4-15-34(35)38-18-8-14-31-26-29-45(59)50(48(31)38)49(39)44/h1-30H. The molecule has 0 saturated carbocycles. The highest BCUT2D eigenvalue weighted by Crippen LogP contribution is 2.50. The lowest BCUT2D eigenvalue weighted by Crippen LogP contribution is -2.00. The molecule has 13 aromatic rings. The number of benzene rings is 9. The Kier molecular flexibility index (Phi) is 6.65. The van der Waals surface area contributed by atoms with Crippen LogP contribution >= 0.6 is 11.3 Å². The maximum absolute atomic E-state index is 6.49. The van der Waals surface area contributed by atoms with Crippen LogP contribution in [0, 0.1) is 0 Å². The fraction of sp³-hybridized carbons (Fsp3) is 0. The summed E-state index contributed by atoms with van der Waals surface area (Å²) in [5.41, 5.74) is 13.0. The van der Waals surface area contributed by atoms with E-state index in [1.165, 1.54) is 70.3 Å². The number of thiophene rings is 1. The summed E-state index contributed by atoms with van der Waals surface area (Å²) in [6.07, 6.45) is 0. The minimum Gasteiger partial charge on any atom is -0.455 e. The minimum absolute atomic E-state index is 0.575. The number of rotatable bonds is 4. The second-order valence-corrected chi connectivity index (χ2v) is 16.9. The van der Waals surface area contributed by atoms with Crippen molar-refractivity contribution in [2.45, 2.75) is 0 Å². The number of fused-ring (bicyclic) bond motifs is 9. The smallest absolute Gasteiger partial charge is 0.167 e. The van der Waals surface area contributed by atoms with Gasteiger partial charge in [-0.15, -0.1) is 11.3 Å². The Bertz CT molecular complexity index is 4010. The van der Waals surface area contributed by atoms with Gasteiger partial charge in [-0.3, -0.25) is 0 Å². The molecular formula is C55H30N4OS. The van der Waals surface area contributed by atoms with E-state index in [2.05, 4.69) is 144 Å². The molecule has 4 aromatic heterocycles. The molecule has 4 heterocycles. The summed E-state index contributed by atoms with van der Waals surface area (Å²) < 4.78 is 11.3. The van der Waals surface area contributed by atoms with Crippen molar-refractivity contribution < 1.29 is 4.42 Å². The summed E-state index contributed by atoms with van der Waals surface area (Å²) >= 11 is 1.79. The van der Waals surface area contributed by atoms with Crippen molar-refractivity contribution in [3.05, 3.63) is 182 Å². The maximum Gasteiger partial charge on any atom is 0.167 e. The van der Waals surface area contributed by atoms with E-state index >= 15 is 0 Å². The van der Waals surface area contributed by atoms with Gasteiger partial charge in [0.2, 0.25) is 0 Å². The molecule has 1 aliphatic rings. The molecule has 0 radical (unpaired) electrons. The Balaban J connectivity index is 0.986. The van der Waals surface area contributed by atoms with Crippen molar-refractivity contribution in [2.24, 2.45) is 0 Å². The first kappa shape index (κ1) is 33.0. The molecule has 0 atom stereocenters. The molecule has 0 fully saturated rings. The Morgan fingerprint density at radius 2 is 1.05 bits per heavy atom. The van der Waals surface area contributed by atoms with Crippen molar-refractivity contribution in [1.82, 2.24) is 19.5 Å². The summed E-state index contributed by atoms with van der Waals surface area (Å²) in [5.74, 6) is 1.82. The van der Waals surface area contributed by atoms with Gasteiger partial charge in [0.1, 0.15) is 11.2 Å². The van der Waals surface area contributed by atoms with Crippen LogP contribution < -0.4 is 0 Å². The van der Waals surface area contributed by atoms with Crippen molar-refractivity contribution in [3.8, 4) is 62.1 Å². The van der Waals surface area contributed by atoms with Gasteiger partial charge in [-0.1, -0.05) is 140 Å². The van der Waals surface area contributed by atoms with Crippen LogP contribution in [0.2, 0.25) is 0 Å². The molecule has 5 nitrogen and oxygen atoms in total. The third-order valence-electron chi connectivity index (χ3n) is 12.6. The molecule has 282 valence electrons. The zero-order valence-corrected chi connectivity index (χ0v) is 33.2. The maximum atomic E-state index is 6.49. The molecule has 6 heteroatoms. The fourth-order valence-electron chi connectivity index (χ4n) is 9.97. The fourth-order valence-corrected chi connectivity index (χ4v) is 11.2. The largest absolute Gasteiger partial charge is 0.455 e. The van der Waals surface area contributed by atoms with Gasteiger partial charge in [-0.25, -0.2) is 15.0 Å². The number of nitrogens with zero attached hydrogens (tertiary/aromatic N) is 4. The third kappa shape index (κ3) is 4.62. The summed E-state index contributed by atoms with van der Waals surface area (Å²) in [6, 6.07) is 64.9. The first-order valence-corrected chi connectivity index (χ1v) is 21.3. The summed E-state index contributed by atoms with van der Waals surface area (Å²) in [6.45, 7) is 0. The predicted molar refractivity (Wildman–Crippen MR) is 253 cm³/mol. The quantitative estimate of drug-likeness (QED) is 0.178. The Morgan fingerprint density at radius 1 is 0.410 bits per heavy atom. The average molecular weight is 795 g/mol. The van der Waals surface area contributed by atoms with Crippen LogP contribution in [0.15, 0.2) is 186 Å². The van der Waals surface area contributed by atoms with Crippen molar-refractivity contribution in [3.63, 3.8) is 0 Å². The van der Waals surface area contributed by atoms with E-state index in [1.807, 2.05) is 42.5 Å². The highest BCUT2D eigenvalue weighted by atomic mass is 32.1. The molecule has 14 rings (SSSR count). The molecule has 9 aromatic carbocycles. The Morgan fingerprint density at radius 3 is 1.92 bits per heavy atom. The van der Waals surface area contributed by atoms with Gasteiger partial charge in [-0.2, -0.15) is 0 Å². The van der Waals surface area contributed by atoms with Crippen LogP contribution in [0.5, 0.6) is 0 Å². The van der Waals surface area contributed by atoms with Crippen LogP contribution in [0.25, 0.3) is 137 Å². The van der Waals surface area contributed by atoms with E-state index in [9.17, 15) is 0 Å². The molecule has 0 bridgehead atoms. The van der Waals surface area contributed by atoms with E-state index in [4.69, 9.17) is 19.4 Å². The number of furan rings is 1. The SMILES string of the molecule is c1ccc(-c2nc(-c3cccc4c3oc3ccccc34)nc(-c3cccc4c3sc3cc(-n5c6cccc7c6c6c8c(cccc8ccc65)-c5ccccc5-7)ccc34)n2)cc1. The molecule has 0 N–H and O–H groups in total. The van der Waals surface area contributed by atoms with E-state index < -0.39 is 0 Å². The van der Waals surface area contributed by atoms with Crippen molar-refractivity contribution in [1.29, 1.82) is 0 Å². The summed E-state index contributed by atoms with van der Waals surface area (Å²) in [4.78, 5) is 15.5. The second kappa shape index (κ2) is 12.3. The van der Waals surface area contributed by atoms with Crippen LogP contribution in [-0.2, 0) is 0 Å². The molecule has 0 aliphatic heterocycles. The number of para-hydroxylation sites is 2. The zero-order chi connectivity index (χ0) is 39.8. The van der Waals surface area contributed by atoms with E-state index in [0.29, 0.717) is 17.5 Å². The average Bonchev–Trinajstić information content (AvgIpc) is 3.98. The molecule has 0 amide bonds. The van der Waals surface area contributed by atoms with E-state index in [-0.39, 0.29) is 0 Å². The highest BCUT2D eigenvalue weighted by Gasteiger charge is 2.25. The monoisotopic (exact) mass is 794 g/mol. The van der Waals surface area contributed by atoms with Gasteiger partial charge >= 0.3 is 0 Å². The lowest BCUT2D eigenvalue weighted by Gasteiger charge is -2.13. The highest BCUT2D eigenvalue weighted by molar-refractivity contribution is 7.26. The van der Waals surface area contributed by atoms with Gasteiger partial charge in [0.25, 0.3) is 0 Å². The molecule has 0 saturated heterocycles. The van der Waals surface area contributed by atoms with Crippen LogP contribution in [-0.4, -0.2) is 19.5 Å². The first-order valence-electron chi connectivity index (χ1n) is 20.5. The lowest BCUT2D eigenvalue weighted by atomic mass is 9.93. The van der Waals surface area contributed by atoms with Gasteiger partial charge in [0.05, 0.1) is 16.6 Å². The third-order valence-corrected chi connectivity index (χ3v) is 13.8. The number of aromatic nitrogens is 4. The lowest BCUT2D eigenvalue weighted by molar-refractivity contribution is 0.669. The molecule has 61 heavy (non-hydrogen) atoms. The number of hydrogen-bond donors (Lipinski definition) is 0. The van der Waals surface area contributed by atoms with Crippen molar-refractivity contribution >= 4 is 86.0 Å². The van der Waals surface area contributed by atoms with E-state index in [1.54, 1.807) is 11.3 Å². The Hall–Kier alpha value is -7.93. The summed E-state index contributed by atoms with van der Waals surface area (Å²) in [5, 5.41) is 9.68. The topological polar surface area (TPSA) is 56.7 Å². The van der Waals surface area contributed by atoms with Crippen LogP contribution in [0.1, 0.15) is 0 Å². The molecular weight excluding hydrogens is 765 g/mol. The second-order valence-electron chi connectivity index (χ2n) is 15.9. The number of hydrogen-bond acceptors (Lipinski definition) is 5. The molecule has 0 spiro atoms. The van der Waals surface area contributed by atoms with Gasteiger partial charge in [0.15, 0.2) is 17.5 Å².